The number of rotatable bonds is 12. The van der Waals surface area contributed by atoms with Crippen LogP contribution in [0.4, 0.5) is 0 Å². The van der Waals surface area contributed by atoms with Crippen LogP contribution in [0.15, 0.2) is 71.7 Å². The zero-order valence-electron chi connectivity index (χ0n) is 28.9. The van der Waals surface area contributed by atoms with Crippen LogP contribution in [0, 0.1) is 6.92 Å². The summed E-state index contributed by atoms with van der Waals surface area (Å²) in [6, 6.07) is 19.4. The van der Waals surface area contributed by atoms with Gasteiger partial charge < -0.3 is 26.0 Å². The molecule has 3 aromatic heterocycles. The van der Waals surface area contributed by atoms with Crippen LogP contribution < -0.4 is 31.6 Å². The first kappa shape index (κ1) is 35.6. The van der Waals surface area contributed by atoms with Crippen LogP contribution in [0.3, 0.4) is 0 Å². The van der Waals surface area contributed by atoms with Gasteiger partial charge in [-0.1, -0.05) is 65.7 Å². The second-order valence-electron chi connectivity index (χ2n) is 13.2. The van der Waals surface area contributed by atoms with Crippen molar-refractivity contribution in [3.05, 3.63) is 104 Å². The van der Waals surface area contributed by atoms with Crippen molar-refractivity contribution >= 4 is 40.7 Å². The molecular weight excluding hydrogens is 701 g/mol. The van der Waals surface area contributed by atoms with Gasteiger partial charge in [0.2, 0.25) is 17.7 Å². The number of hydrogen-bond acceptors (Lipinski definition) is 8. The first-order valence-electron chi connectivity index (χ1n) is 17.3. The maximum Gasteiger partial charge on any atom is 0.262 e. The smallest absolute Gasteiger partial charge is 0.262 e. The minimum absolute atomic E-state index is 0.0613. The van der Waals surface area contributed by atoms with Crippen molar-refractivity contribution in [2.75, 3.05) is 20.2 Å². The molecule has 2 aliphatic heterocycles. The zero-order valence-corrected chi connectivity index (χ0v) is 30.4. The Bertz CT molecular complexity index is 2240. The van der Waals surface area contributed by atoms with Gasteiger partial charge in [0, 0.05) is 90.8 Å². The molecule has 0 aliphatic carbocycles. The molecule has 2 aliphatic rings. The maximum atomic E-state index is 13.5. The Balaban J connectivity index is 1.12. The number of methoxy groups -OCH3 is 1. The number of carbonyl (C=O) groups is 2. The fourth-order valence-corrected chi connectivity index (χ4v) is 7.61. The van der Waals surface area contributed by atoms with Gasteiger partial charge in [0.15, 0.2) is 0 Å². The van der Waals surface area contributed by atoms with Crippen LogP contribution in [0.1, 0.15) is 42.5 Å². The molecule has 2 amide bonds. The van der Waals surface area contributed by atoms with E-state index in [0.29, 0.717) is 71.9 Å². The molecule has 268 valence electrons. The summed E-state index contributed by atoms with van der Waals surface area (Å²) >= 11 is 14.3. The Labute approximate surface area is 311 Å². The number of nitrogens with zero attached hydrogens (tertiary/aromatic N) is 3. The Morgan fingerprint density at radius 1 is 0.808 bits per heavy atom. The molecule has 0 radical (unpaired) electrons. The monoisotopic (exact) mass is 739 g/mol. The molecule has 2 atom stereocenters. The van der Waals surface area contributed by atoms with Crippen molar-refractivity contribution in [3.63, 3.8) is 0 Å². The van der Waals surface area contributed by atoms with Gasteiger partial charge in [-0.3, -0.25) is 18.8 Å². The molecule has 0 saturated carbocycles. The fourth-order valence-electron chi connectivity index (χ4n) is 6.95. The van der Waals surface area contributed by atoms with Crippen LogP contribution in [-0.2, 0) is 22.7 Å². The standard InChI is InChI=1S/C39H39Cl2N7O4/c1-22-15-24(16-33-44-19-25(39(51)48(22)33)18-43-21-27-11-14-35(50)46-27)28-5-3-6-29(36(28)40)30-7-4-8-31(37(30)41)32-12-9-23(38(47-32)52-2)17-42-20-26-10-13-34(49)45-26/h3-9,12,15-16,19,26-27,42-43H,10-11,13-14,17-18,20-21H2,1-2H3,(H,45,49)(H,46,50)/t26-,27+/m1/s1. The third-order valence-corrected chi connectivity index (χ3v) is 10.5. The quantitative estimate of drug-likeness (QED) is 0.133. The number of aromatic nitrogens is 3. The number of aryl methyl sites for hydroxylation is 1. The van der Waals surface area contributed by atoms with Crippen LogP contribution in [0.25, 0.3) is 39.2 Å². The summed E-state index contributed by atoms with van der Waals surface area (Å²) < 4.78 is 7.26. The van der Waals surface area contributed by atoms with E-state index in [-0.39, 0.29) is 29.5 Å². The van der Waals surface area contributed by atoms with Gasteiger partial charge in [-0.2, -0.15) is 0 Å². The van der Waals surface area contributed by atoms with Crippen molar-refractivity contribution in [2.24, 2.45) is 0 Å². The molecule has 52 heavy (non-hydrogen) atoms. The number of hydrogen-bond donors (Lipinski definition) is 4. The van der Waals surface area contributed by atoms with Crippen molar-refractivity contribution in [3.8, 4) is 39.4 Å². The molecular formula is C39H39Cl2N7O4. The normalized spacial score (nSPS) is 17.1. The number of carbonyl (C=O) groups excluding carboxylic acids is 2. The summed E-state index contributed by atoms with van der Waals surface area (Å²) in [4.78, 5) is 45.9. The van der Waals surface area contributed by atoms with E-state index in [9.17, 15) is 14.4 Å². The average Bonchev–Trinajstić information content (AvgIpc) is 3.76. The topological polar surface area (TPSA) is 139 Å². The highest BCUT2D eigenvalue weighted by Crippen LogP contribution is 2.42. The Hall–Kier alpha value is -4.81. The van der Waals surface area contributed by atoms with Gasteiger partial charge in [0.05, 0.1) is 28.4 Å². The number of benzene rings is 2. The third-order valence-electron chi connectivity index (χ3n) is 9.65. The molecule has 5 heterocycles. The van der Waals surface area contributed by atoms with Crippen LogP contribution in [0.2, 0.25) is 10.0 Å². The van der Waals surface area contributed by atoms with E-state index < -0.39 is 0 Å². The largest absolute Gasteiger partial charge is 0.481 e. The minimum atomic E-state index is -0.144. The Morgan fingerprint density at radius 3 is 2.02 bits per heavy atom. The van der Waals surface area contributed by atoms with E-state index in [0.717, 1.165) is 51.9 Å². The van der Waals surface area contributed by atoms with E-state index in [1.165, 1.54) is 0 Å². The average molecular weight is 741 g/mol. The van der Waals surface area contributed by atoms with Gasteiger partial charge in [-0.25, -0.2) is 9.97 Å². The van der Waals surface area contributed by atoms with Crippen LogP contribution in [0.5, 0.6) is 5.88 Å². The highest BCUT2D eigenvalue weighted by atomic mass is 35.5. The Morgan fingerprint density at radius 2 is 1.40 bits per heavy atom. The number of nitrogens with one attached hydrogen (secondary N) is 4. The van der Waals surface area contributed by atoms with Gasteiger partial charge in [0.1, 0.15) is 5.65 Å². The molecule has 5 aromatic rings. The van der Waals surface area contributed by atoms with Gasteiger partial charge in [-0.15, -0.1) is 0 Å². The highest BCUT2D eigenvalue weighted by molar-refractivity contribution is 6.39. The third kappa shape index (κ3) is 7.40. The second-order valence-corrected chi connectivity index (χ2v) is 14.0. The molecule has 2 aromatic carbocycles. The zero-order chi connectivity index (χ0) is 36.4. The summed E-state index contributed by atoms with van der Waals surface area (Å²) in [7, 11) is 1.59. The number of fused-ring (bicyclic) bond motifs is 1. The predicted molar refractivity (Wildman–Crippen MR) is 203 cm³/mol. The lowest BCUT2D eigenvalue weighted by molar-refractivity contribution is -0.120. The number of halogens is 2. The first-order valence-corrected chi connectivity index (χ1v) is 18.1. The molecule has 7 rings (SSSR count). The number of amides is 2. The van der Waals surface area contributed by atoms with Crippen molar-refractivity contribution < 1.29 is 14.3 Å². The SMILES string of the molecule is COc1nc(-c2cccc(-c3cccc(-c4cc(C)n5c(=O)c(CNC[C@@H]6CCC(=O)N6)cnc5c4)c3Cl)c2Cl)ccc1CNC[C@H]1CCC(=O)N1. The molecule has 2 saturated heterocycles. The molecule has 4 N–H and O–H groups in total. The van der Waals surface area contributed by atoms with E-state index in [4.69, 9.17) is 32.9 Å². The summed E-state index contributed by atoms with van der Waals surface area (Å²) in [5, 5.41) is 13.6. The first-order chi connectivity index (χ1) is 25.2. The van der Waals surface area contributed by atoms with Crippen molar-refractivity contribution in [2.45, 2.75) is 57.8 Å². The highest BCUT2D eigenvalue weighted by Gasteiger charge is 2.22. The lowest BCUT2D eigenvalue weighted by Gasteiger charge is -2.16. The van der Waals surface area contributed by atoms with Crippen molar-refractivity contribution in [1.82, 2.24) is 35.6 Å². The van der Waals surface area contributed by atoms with E-state index >= 15 is 0 Å². The lowest BCUT2D eigenvalue weighted by Crippen LogP contribution is -2.36. The fraction of sp³-hybridized carbons (Fsp3) is 0.308. The summed E-state index contributed by atoms with van der Waals surface area (Å²) in [6.45, 7) is 4.02. The van der Waals surface area contributed by atoms with Crippen LogP contribution >= 0.6 is 23.2 Å². The predicted octanol–water partition coefficient (Wildman–Crippen LogP) is 5.45. The summed E-state index contributed by atoms with van der Waals surface area (Å²) in [5.41, 5.74) is 7.01. The minimum Gasteiger partial charge on any atom is -0.481 e. The molecule has 0 spiro atoms. The number of ether oxygens (including phenoxy) is 1. The van der Waals surface area contributed by atoms with E-state index in [2.05, 4.69) is 26.3 Å². The van der Waals surface area contributed by atoms with E-state index in [1.807, 2.05) is 67.6 Å². The summed E-state index contributed by atoms with van der Waals surface area (Å²) in [5.74, 6) is 0.643. The van der Waals surface area contributed by atoms with Gasteiger partial charge >= 0.3 is 0 Å². The second kappa shape index (κ2) is 15.4. The molecule has 2 fully saturated rings. The lowest BCUT2D eigenvalue weighted by atomic mass is 9.96. The Kier molecular flexibility index (Phi) is 10.6. The van der Waals surface area contributed by atoms with Crippen molar-refractivity contribution in [1.29, 1.82) is 0 Å². The van der Waals surface area contributed by atoms with E-state index in [1.54, 1.807) is 17.7 Å². The molecule has 0 unspecified atom stereocenters. The maximum absolute atomic E-state index is 13.5. The van der Waals surface area contributed by atoms with Crippen LogP contribution in [-0.4, -0.2) is 58.5 Å². The molecule has 11 nitrogen and oxygen atoms in total. The summed E-state index contributed by atoms with van der Waals surface area (Å²) in [6.07, 6.45) is 4.32. The van der Waals surface area contributed by atoms with Gasteiger partial charge in [0.25, 0.3) is 5.56 Å². The number of pyridine rings is 2. The molecule has 0 bridgehead atoms. The van der Waals surface area contributed by atoms with Gasteiger partial charge in [-0.05, 0) is 43.5 Å². The molecule has 13 heteroatoms.